The standard InChI is InChI=1S/C24H18ClFN4O3S/c1-15-27-12-11-23(28-15)17-3-2-4-19(13-17)29-24(31)16-5-7-18(8-6-16)30-34(32,33)20-9-10-22(26)21(25)14-20/h2-14,30H,1H3,(H,29,31). The maximum Gasteiger partial charge on any atom is 0.261 e. The second-order valence-corrected chi connectivity index (χ2v) is 9.37. The molecule has 0 aliphatic heterocycles. The van der Waals surface area contributed by atoms with Crippen LogP contribution in [0.2, 0.25) is 5.02 Å². The van der Waals surface area contributed by atoms with Gasteiger partial charge in [-0.05, 0) is 67.6 Å². The minimum Gasteiger partial charge on any atom is -0.322 e. The van der Waals surface area contributed by atoms with Crippen molar-refractivity contribution in [3.05, 3.63) is 101 Å². The van der Waals surface area contributed by atoms with E-state index in [9.17, 15) is 17.6 Å². The van der Waals surface area contributed by atoms with E-state index >= 15 is 0 Å². The Hall–Kier alpha value is -3.82. The number of sulfonamides is 1. The minimum absolute atomic E-state index is 0.181. The van der Waals surface area contributed by atoms with Crippen LogP contribution < -0.4 is 10.0 Å². The molecule has 0 radical (unpaired) electrons. The number of nitrogens with zero attached hydrogens (tertiary/aromatic N) is 2. The molecule has 1 aromatic heterocycles. The molecule has 0 bridgehead atoms. The van der Waals surface area contributed by atoms with Gasteiger partial charge in [0.25, 0.3) is 15.9 Å². The molecule has 0 saturated heterocycles. The number of nitrogens with one attached hydrogen (secondary N) is 2. The quantitative estimate of drug-likeness (QED) is 0.377. The van der Waals surface area contributed by atoms with Crippen LogP contribution in [0.15, 0.2) is 83.9 Å². The molecule has 0 spiro atoms. The fraction of sp³-hybridized carbons (Fsp3) is 0.0417. The molecule has 1 heterocycles. The first kappa shape index (κ1) is 23.3. The summed E-state index contributed by atoms with van der Waals surface area (Å²) in [5.74, 6) is -0.436. The fourth-order valence-electron chi connectivity index (χ4n) is 3.12. The van der Waals surface area contributed by atoms with Crippen molar-refractivity contribution in [2.75, 3.05) is 10.0 Å². The highest BCUT2D eigenvalue weighted by molar-refractivity contribution is 7.92. The van der Waals surface area contributed by atoms with Gasteiger partial charge < -0.3 is 5.32 Å². The van der Waals surface area contributed by atoms with Crippen LogP contribution in [0.3, 0.4) is 0 Å². The third-order valence-electron chi connectivity index (χ3n) is 4.79. The average Bonchev–Trinajstić information content (AvgIpc) is 2.81. The summed E-state index contributed by atoms with van der Waals surface area (Å²) in [5, 5.41) is 2.52. The molecule has 2 N–H and O–H groups in total. The van der Waals surface area contributed by atoms with E-state index in [1.54, 1.807) is 31.3 Å². The van der Waals surface area contributed by atoms with Gasteiger partial charge in [-0.15, -0.1) is 0 Å². The molecule has 0 atom stereocenters. The summed E-state index contributed by atoms with van der Waals surface area (Å²) in [6, 6.07) is 18.0. The lowest BCUT2D eigenvalue weighted by atomic mass is 10.1. The van der Waals surface area contributed by atoms with Crippen LogP contribution in [0.1, 0.15) is 16.2 Å². The van der Waals surface area contributed by atoms with Gasteiger partial charge in [-0.2, -0.15) is 0 Å². The smallest absolute Gasteiger partial charge is 0.261 e. The van der Waals surface area contributed by atoms with E-state index in [0.29, 0.717) is 17.1 Å². The number of carbonyl (C=O) groups is 1. The maximum absolute atomic E-state index is 13.3. The van der Waals surface area contributed by atoms with Crippen molar-refractivity contribution in [2.45, 2.75) is 11.8 Å². The van der Waals surface area contributed by atoms with Crippen molar-refractivity contribution in [1.29, 1.82) is 0 Å². The van der Waals surface area contributed by atoms with Gasteiger partial charge in [0.05, 0.1) is 15.6 Å². The lowest BCUT2D eigenvalue weighted by molar-refractivity contribution is 0.102. The van der Waals surface area contributed by atoms with Gasteiger partial charge in [0.15, 0.2) is 0 Å². The normalized spacial score (nSPS) is 11.1. The molecule has 0 aliphatic carbocycles. The molecular weight excluding hydrogens is 479 g/mol. The second kappa shape index (κ2) is 9.58. The van der Waals surface area contributed by atoms with Gasteiger partial charge in [-0.3, -0.25) is 9.52 Å². The zero-order valence-electron chi connectivity index (χ0n) is 17.8. The Morgan fingerprint density at radius 1 is 0.971 bits per heavy atom. The molecule has 3 aromatic carbocycles. The lowest BCUT2D eigenvalue weighted by Crippen LogP contribution is -2.14. The molecule has 0 saturated carbocycles. The summed E-state index contributed by atoms with van der Waals surface area (Å²) in [6.45, 7) is 1.80. The summed E-state index contributed by atoms with van der Waals surface area (Å²) in [5.41, 5.74) is 2.71. The van der Waals surface area contributed by atoms with Gasteiger partial charge in [0, 0.05) is 28.7 Å². The summed E-state index contributed by atoms with van der Waals surface area (Å²) in [6.07, 6.45) is 1.67. The summed E-state index contributed by atoms with van der Waals surface area (Å²) in [4.78, 5) is 21.0. The SMILES string of the molecule is Cc1nccc(-c2cccc(NC(=O)c3ccc(NS(=O)(=O)c4ccc(F)c(Cl)c4)cc3)c2)n1. The third kappa shape index (κ3) is 5.38. The van der Waals surface area contributed by atoms with Gasteiger partial charge in [0.1, 0.15) is 11.6 Å². The molecule has 0 aliphatic rings. The Morgan fingerprint density at radius 2 is 1.74 bits per heavy atom. The molecule has 172 valence electrons. The predicted molar refractivity (Wildman–Crippen MR) is 129 cm³/mol. The van der Waals surface area contributed by atoms with Crippen LogP contribution in [-0.2, 0) is 10.0 Å². The van der Waals surface area contributed by atoms with E-state index < -0.39 is 15.8 Å². The van der Waals surface area contributed by atoms with Crippen LogP contribution in [0.25, 0.3) is 11.3 Å². The maximum atomic E-state index is 13.3. The first-order chi connectivity index (χ1) is 16.2. The van der Waals surface area contributed by atoms with E-state index in [1.165, 1.54) is 24.3 Å². The summed E-state index contributed by atoms with van der Waals surface area (Å²) >= 11 is 5.68. The summed E-state index contributed by atoms with van der Waals surface area (Å²) < 4.78 is 40.7. The van der Waals surface area contributed by atoms with Gasteiger partial charge in [0.2, 0.25) is 0 Å². The number of aryl methyl sites for hydroxylation is 1. The molecule has 0 unspecified atom stereocenters. The predicted octanol–water partition coefficient (Wildman–Crippen LogP) is 5.30. The van der Waals surface area contributed by atoms with Gasteiger partial charge in [-0.1, -0.05) is 23.7 Å². The van der Waals surface area contributed by atoms with E-state index in [1.807, 2.05) is 12.1 Å². The molecule has 10 heteroatoms. The number of anilines is 2. The molecular formula is C24H18ClFN4O3S. The van der Waals surface area contributed by atoms with E-state index in [0.717, 1.165) is 29.5 Å². The number of rotatable bonds is 6. The topological polar surface area (TPSA) is 101 Å². The highest BCUT2D eigenvalue weighted by Crippen LogP contribution is 2.23. The Bertz CT molecular complexity index is 1480. The number of amides is 1. The van der Waals surface area contributed by atoms with Crippen LogP contribution in [0, 0.1) is 12.7 Å². The number of aromatic nitrogens is 2. The molecule has 1 amide bonds. The number of carbonyl (C=O) groups excluding carboxylic acids is 1. The minimum atomic E-state index is -3.98. The fourth-order valence-corrected chi connectivity index (χ4v) is 4.45. The van der Waals surface area contributed by atoms with Crippen LogP contribution in [0.5, 0.6) is 0 Å². The van der Waals surface area contributed by atoms with Crippen molar-refractivity contribution >= 4 is 38.9 Å². The Kier molecular flexibility index (Phi) is 6.58. The average molecular weight is 497 g/mol. The second-order valence-electron chi connectivity index (χ2n) is 7.28. The van der Waals surface area contributed by atoms with E-state index in [2.05, 4.69) is 20.0 Å². The first-order valence-corrected chi connectivity index (χ1v) is 11.9. The number of halogens is 2. The number of hydrogen-bond donors (Lipinski definition) is 2. The zero-order chi connectivity index (χ0) is 24.3. The third-order valence-corrected chi connectivity index (χ3v) is 6.46. The molecule has 34 heavy (non-hydrogen) atoms. The highest BCUT2D eigenvalue weighted by Gasteiger charge is 2.16. The van der Waals surface area contributed by atoms with Gasteiger partial charge >= 0.3 is 0 Å². The largest absolute Gasteiger partial charge is 0.322 e. The van der Waals surface area contributed by atoms with Crippen molar-refractivity contribution in [1.82, 2.24) is 9.97 Å². The molecule has 7 nitrogen and oxygen atoms in total. The van der Waals surface area contributed by atoms with E-state index in [4.69, 9.17) is 11.6 Å². The van der Waals surface area contributed by atoms with Crippen LogP contribution >= 0.6 is 11.6 Å². The lowest BCUT2D eigenvalue weighted by Gasteiger charge is -2.10. The first-order valence-electron chi connectivity index (χ1n) is 10.0. The van der Waals surface area contributed by atoms with E-state index in [-0.39, 0.29) is 21.5 Å². The van der Waals surface area contributed by atoms with Crippen LogP contribution in [-0.4, -0.2) is 24.3 Å². The Labute approximate surface area is 200 Å². The summed E-state index contributed by atoms with van der Waals surface area (Å²) in [7, 11) is -3.98. The van der Waals surface area contributed by atoms with Crippen molar-refractivity contribution < 1.29 is 17.6 Å². The van der Waals surface area contributed by atoms with Crippen molar-refractivity contribution in [2.24, 2.45) is 0 Å². The van der Waals surface area contributed by atoms with Crippen molar-refractivity contribution in [3.8, 4) is 11.3 Å². The van der Waals surface area contributed by atoms with Gasteiger partial charge in [-0.25, -0.2) is 22.8 Å². The highest BCUT2D eigenvalue weighted by atomic mass is 35.5. The Morgan fingerprint density at radius 3 is 2.44 bits per heavy atom. The molecule has 4 rings (SSSR count). The monoisotopic (exact) mass is 496 g/mol. The van der Waals surface area contributed by atoms with Crippen molar-refractivity contribution in [3.63, 3.8) is 0 Å². The number of benzene rings is 3. The molecule has 4 aromatic rings. The number of hydrogen-bond acceptors (Lipinski definition) is 5. The Balaban J connectivity index is 1.46. The molecule has 0 fully saturated rings. The zero-order valence-corrected chi connectivity index (χ0v) is 19.4. The van der Waals surface area contributed by atoms with Crippen LogP contribution in [0.4, 0.5) is 15.8 Å².